The number of aryl methyl sites for hydroxylation is 1. The number of benzene rings is 1. The van der Waals surface area contributed by atoms with Gasteiger partial charge < -0.3 is 19.7 Å². The number of hydrogen-bond acceptors (Lipinski definition) is 6. The second-order valence-electron chi connectivity index (χ2n) is 6.84. The quantitative estimate of drug-likeness (QED) is 0.534. The molecule has 0 spiro atoms. The number of ether oxygens (including phenoxy) is 2. The molecule has 0 amide bonds. The van der Waals surface area contributed by atoms with E-state index in [4.69, 9.17) is 9.47 Å². The van der Waals surface area contributed by atoms with Gasteiger partial charge in [0.15, 0.2) is 0 Å². The van der Waals surface area contributed by atoms with E-state index in [2.05, 4.69) is 58.3 Å². The second kappa shape index (κ2) is 10.8. The van der Waals surface area contributed by atoms with E-state index in [-0.39, 0.29) is 0 Å². The van der Waals surface area contributed by atoms with E-state index < -0.39 is 0 Å². The number of morpholine rings is 1. The first kappa shape index (κ1) is 20.3. The number of hydrogen-bond donors (Lipinski definition) is 1. The first-order valence-corrected chi connectivity index (χ1v) is 9.98. The van der Waals surface area contributed by atoms with Crippen LogP contribution in [0.5, 0.6) is 5.88 Å². The maximum absolute atomic E-state index is 5.88. The molecule has 1 aliphatic heterocycles. The van der Waals surface area contributed by atoms with Gasteiger partial charge in [0.1, 0.15) is 6.61 Å². The van der Waals surface area contributed by atoms with Gasteiger partial charge in [-0.1, -0.05) is 36.8 Å². The van der Waals surface area contributed by atoms with Gasteiger partial charge in [0, 0.05) is 37.6 Å². The minimum Gasteiger partial charge on any atom is -0.476 e. The molecule has 6 heteroatoms. The molecule has 2 heterocycles. The molecule has 6 nitrogen and oxygen atoms in total. The number of nitrogens with one attached hydrogen (secondary N) is 1. The molecule has 1 fully saturated rings. The lowest BCUT2D eigenvalue weighted by Gasteiger charge is -2.29. The number of anilines is 1. The van der Waals surface area contributed by atoms with Crippen LogP contribution in [0.3, 0.4) is 0 Å². The van der Waals surface area contributed by atoms with Crippen LogP contribution in [0.4, 0.5) is 5.69 Å². The Morgan fingerprint density at radius 3 is 2.89 bits per heavy atom. The minimum absolute atomic E-state index is 0.524. The highest BCUT2D eigenvalue weighted by Crippen LogP contribution is 2.23. The molecule has 1 saturated heterocycles. The Balaban J connectivity index is 1.71. The summed E-state index contributed by atoms with van der Waals surface area (Å²) in [6.07, 6.45) is 1.90. The summed E-state index contributed by atoms with van der Waals surface area (Å²) in [6.45, 7) is 10.3. The predicted molar refractivity (Wildman–Crippen MR) is 114 cm³/mol. The van der Waals surface area contributed by atoms with Crippen LogP contribution >= 0.6 is 0 Å². The normalized spacial score (nSPS) is 14.6. The molecule has 0 unspecified atom stereocenters. The van der Waals surface area contributed by atoms with Gasteiger partial charge in [-0.05, 0) is 25.1 Å². The van der Waals surface area contributed by atoms with Crippen LogP contribution in [0.25, 0.3) is 0 Å². The topological polar surface area (TPSA) is 59.0 Å². The fraction of sp³-hybridized carbons (Fsp3) is 0.455. The maximum atomic E-state index is 5.88. The molecule has 150 valence electrons. The van der Waals surface area contributed by atoms with Crippen LogP contribution < -0.4 is 15.0 Å². The third kappa shape index (κ3) is 6.32. The van der Waals surface area contributed by atoms with E-state index >= 15 is 0 Å². The highest BCUT2D eigenvalue weighted by Gasteiger charge is 2.14. The smallest absolute Gasteiger partial charge is 0.215 e. The van der Waals surface area contributed by atoms with E-state index in [9.17, 15) is 0 Å². The van der Waals surface area contributed by atoms with Gasteiger partial charge in [0.2, 0.25) is 5.88 Å². The van der Waals surface area contributed by atoms with Crippen LogP contribution in [0.2, 0.25) is 0 Å². The zero-order valence-electron chi connectivity index (χ0n) is 16.9. The molecule has 3 rings (SSSR count). The van der Waals surface area contributed by atoms with Crippen molar-refractivity contribution in [2.45, 2.75) is 20.4 Å². The number of rotatable bonds is 9. The van der Waals surface area contributed by atoms with E-state index in [1.54, 1.807) is 0 Å². The van der Waals surface area contributed by atoms with Gasteiger partial charge in [-0.15, -0.1) is 0 Å². The third-order valence-corrected chi connectivity index (χ3v) is 4.53. The summed E-state index contributed by atoms with van der Waals surface area (Å²) in [5.41, 5.74) is 4.36. The number of pyridine rings is 1. The van der Waals surface area contributed by atoms with Gasteiger partial charge in [-0.3, -0.25) is 4.99 Å². The summed E-state index contributed by atoms with van der Waals surface area (Å²) in [5, 5.41) is 3.26. The van der Waals surface area contributed by atoms with E-state index in [1.807, 2.05) is 18.3 Å². The average Bonchev–Trinajstić information content (AvgIpc) is 2.72. The molecular weight excluding hydrogens is 352 g/mol. The summed E-state index contributed by atoms with van der Waals surface area (Å²) in [7, 11) is 0. The van der Waals surface area contributed by atoms with Crippen molar-refractivity contribution in [2.24, 2.45) is 4.99 Å². The maximum Gasteiger partial charge on any atom is 0.215 e. The number of likely N-dealkylation sites (N-methyl/N-ethyl adjacent to an activating group) is 1. The SMILES string of the molecule is CCNCCOc1cc(N2CCOCC2)cc(CN=Cc2cccc(C)c2)n1. The lowest BCUT2D eigenvalue weighted by atomic mass is 10.1. The zero-order valence-corrected chi connectivity index (χ0v) is 16.9. The van der Waals surface area contributed by atoms with Crippen molar-refractivity contribution in [3.63, 3.8) is 0 Å². The molecule has 1 aliphatic rings. The highest BCUT2D eigenvalue weighted by atomic mass is 16.5. The predicted octanol–water partition coefficient (Wildman–Crippen LogP) is 2.83. The minimum atomic E-state index is 0.524. The molecule has 0 aliphatic carbocycles. The Morgan fingerprint density at radius 1 is 1.25 bits per heavy atom. The Hall–Kier alpha value is -2.44. The van der Waals surface area contributed by atoms with Crippen molar-refractivity contribution in [1.29, 1.82) is 0 Å². The van der Waals surface area contributed by atoms with Crippen LogP contribution in [0, 0.1) is 6.92 Å². The fourth-order valence-electron chi connectivity index (χ4n) is 3.10. The Bertz CT molecular complexity index is 773. The summed E-state index contributed by atoms with van der Waals surface area (Å²) in [6, 6.07) is 12.4. The summed E-state index contributed by atoms with van der Waals surface area (Å²) in [4.78, 5) is 11.6. The van der Waals surface area contributed by atoms with E-state index in [0.29, 0.717) is 19.0 Å². The Morgan fingerprint density at radius 2 is 2.11 bits per heavy atom. The molecule has 1 N–H and O–H groups in total. The summed E-state index contributed by atoms with van der Waals surface area (Å²) >= 11 is 0. The Kier molecular flexibility index (Phi) is 7.82. The second-order valence-corrected chi connectivity index (χ2v) is 6.84. The standard InChI is InChI=1S/C22H30N4O2/c1-3-23-7-10-28-22-15-21(26-8-11-27-12-9-26)14-20(25-22)17-24-16-19-6-4-5-18(2)13-19/h4-6,13-16,23H,3,7-12,17H2,1-2H3. The molecule has 28 heavy (non-hydrogen) atoms. The zero-order chi connectivity index (χ0) is 19.6. The van der Waals surface area contributed by atoms with Crippen molar-refractivity contribution >= 4 is 11.9 Å². The third-order valence-electron chi connectivity index (χ3n) is 4.53. The Labute approximate surface area is 167 Å². The first-order chi connectivity index (χ1) is 13.7. The highest BCUT2D eigenvalue weighted by molar-refractivity contribution is 5.79. The van der Waals surface area contributed by atoms with Crippen molar-refractivity contribution in [1.82, 2.24) is 10.3 Å². The monoisotopic (exact) mass is 382 g/mol. The van der Waals surface area contributed by atoms with Gasteiger partial charge in [-0.25, -0.2) is 4.98 Å². The van der Waals surface area contributed by atoms with Crippen LogP contribution in [0.1, 0.15) is 23.7 Å². The van der Waals surface area contributed by atoms with Gasteiger partial charge >= 0.3 is 0 Å². The van der Waals surface area contributed by atoms with Gasteiger partial charge in [-0.2, -0.15) is 0 Å². The van der Waals surface area contributed by atoms with E-state index in [0.717, 1.165) is 56.3 Å². The first-order valence-electron chi connectivity index (χ1n) is 9.98. The largest absolute Gasteiger partial charge is 0.476 e. The number of nitrogens with zero attached hydrogens (tertiary/aromatic N) is 3. The van der Waals surface area contributed by atoms with Crippen LogP contribution in [-0.4, -0.2) is 57.2 Å². The van der Waals surface area contributed by atoms with E-state index in [1.165, 1.54) is 5.56 Å². The molecule has 0 bridgehead atoms. The fourth-order valence-corrected chi connectivity index (χ4v) is 3.10. The number of aliphatic imine (C=N–C) groups is 1. The number of aromatic nitrogens is 1. The molecule has 0 atom stereocenters. The lowest BCUT2D eigenvalue weighted by molar-refractivity contribution is 0.122. The average molecular weight is 383 g/mol. The molecular formula is C22H30N4O2. The van der Waals surface area contributed by atoms with Crippen molar-refractivity contribution in [3.8, 4) is 5.88 Å². The molecule has 0 saturated carbocycles. The molecule has 0 radical (unpaired) electrons. The van der Waals surface area contributed by atoms with Crippen molar-refractivity contribution in [3.05, 3.63) is 53.2 Å². The summed E-state index contributed by atoms with van der Waals surface area (Å²) in [5.74, 6) is 0.655. The van der Waals surface area contributed by atoms with Crippen molar-refractivity contribution < 1.29 is 9.47 Å². The van der Waals surface area contributed by atoms with Crippen LogP contribution in [-0.2, 0) is 11.3 Å². The molecule has 1 aromatic carbocycles. The van der Waals surface area contributed by atoms with Crippen LogP contribution in [0.15, 0.2) is 41.4 Å². The van der Waals surface area contributed by atoms with Gasteiger partial charge in [0.25, 0.3) is 0 Å². The van der Waals surface area contributed by atoms with Crippen molar-refractivity contribution in [2.75, 3.05) is 50.9 Å². The molecule has 1 aromatic heterocycles. The van der Waals surface area contributed by atoms with Gasteiger partial charge in [0.05, 0.1) is 25.5 Å². The summed E-state index contributed by atoms with van der Waals surface area (Å²) < 4.78 is 11.4. The molecule has 2 aromatic rings. The lowest BCUT2D eigenvalue weighted by Crippen LogP contribution is -2.36.